The van der Waals surface area contributed by atoms with E-state index in [9.17, 15) is 4.79 Å². The standard InChI is InChI=1S/C21H25N3O3/c1-4-24(11-10-15-8-6-5-7-9-15)14-20-22-17-13-19(27-3)18(26-2)12-16(17)21(25)23-20/h5-9,12-13H,4,10-11,14H2,1-3H3,(H,22,23,25). The number of rotatable bonds is 8. The third-order valence-corrected chi connectivity index (χ3v) is 4.64. The molecule has 0 amide bonds. The van der Waals surface area contributed by atoms with Gasteiger partial charge in [0, 0.05) is 12.6 Å². The number of benzene rings is 2. The van der Waals surface area contributed by atoms with Crippen molar-refractivity contribution in [3.05, 3.63) is 64.2 Å². The number of H-pyrrole nitrogens is 1. The van der Waals surface area contributed by atoms with Crippen LogP contribution < -0.4 is 15.0 Å². The van der Waals surface area contributed by atoms with E-state index in [0.29, 0.717) is 34.8 Å². The Morgan fingerprint density at radius 1 is 1.07 bits per heavy atom. The van der Waals surface area contributed by atoms with Gasteiger partial charge >= 0.3 is 0 Å². The molecule has 1 heterocycles. The zero-order chi connectivity index (χ0) is 19.2. The lowest BCUT2D eigenvalue weighted by molar-refractivity contribution is 0.276. The van der Waals surface area contributed by atoms with Gasteiger partial charge in [0.15, 0.2) is 11.5 Å². The van der Waals surface area contributed by atoms with Crippen LogP contribution in [-0.4, -0.2) is 42.2 Å². The number of likely N-dealkylation sites (N-methyl/N-ethyl adjacent to an activating group) is 1. The van der Waals surface area contributed by atoms with Gasteiger partial charge in [-0.15, -0.1) is 0 Å². The predicted molar refractivity (Wildman–Crippen MR) is 107 cm³/mol. The Kier molecular flexibility index (Phi) is 6.08. The van der Waals surface area contributed by atoms with Crippen molar-refractivity contribution in [3.63, 3.8) is 0 Å². The van der Waals surface area contributed by atoms with Gasteiger partial charge < -0.3 is 14.5 Å². The fraction of sp³-hybridized carbons (Fsp3) is 0.333. The number of hydrogen-bond donors (Lipinski definition) is 1. The van der Waals surface area contributed by atoms with Crippen LogP contribution in [0.25, 0.3) is 10.9 Å². The molecule has 3 aromatic rings. The van der Waals surface area contributed by atoms with E-state index < -0.39 is 0 Å². The van der Waals surface area contributed by atoms with Gasteiger partial charge in [0.2, 0.25) is 0 Å². The quantitative estimate of drug-likeness (QED) is 0.663. The van der Waals surface area contributed by atoms with Crippen molar-refractivity contribution >= 4 is 10.9 Å². The third kappa shape index (κ3) is 4.46. The van der Waals surface area contributed by atoms with E-state index in [4.69, 9.17) is 9.47 Å². The molecule has 1 N–H and O–H groups in total. The van der Waals surface area contributed by atoms with E-state index >= 15 is 0 Å². The maximum atomic E-state index is 12.5. The Bertz CT molecular complexity index is 954. The molecule has 3 rings (SSSR count). The maximum absolute atomic E-state index is 12.5. The number of aromatic amines is 1. The Hall–Kier alpha value is -2.86. The highest BCUT2D eigenvalue weighted by Crippen LogP contribution is 2.29. The summed E-state index contributed by atoms with van der Waals surface area (Å²) in [6.07, 6.45) is 0.956. The number of nitrogens with one attached hydrogen (secondary N) is 1. The van der Waals surface area contributed by atoms with E-state index in [-0.39, 0.29) is 5.56 Å². The fourth-order valence-electron chi connectivity index (χ4n) is 3.08. The predicted octanol–water partition coefficient (Wildman–Crippen LogP) is 3.00. The number of nitrogens with zero attached hydrogens (tertiary/aromatic N) is 2. The third-order valence-electron chi connectivity index (χ3n) is 4.64. The highest BCUT2D eigenvalue weighted by Gasteiger charge is 2.12. The van der Waals surface area contributed by atoms with Crippen molar-refractivity contribution in [3.8, 4) is 11.5 Å². The Balaban J connectivity index is 1.81. The minimum absolute atomic E-state index is 0.171. The number of ether oxygens (including phenoxy) is 2. The number of aromatic nitrogens is 2. The van der Waals surface area contributed by atoms with Gasteiger partial charge in [0.05, 0.1) is 31.7 Å². The van der Waals surface area contributed by atoms with Crippen LogP contribution in [-0.2, 0) is 13.0 Å². The van der Waals surface area contributed by atoms with Gasteiger partial charge in [-0.3, -0.25) is 9.69 Å². The summed E-state index contributed by atoms with van der Waals surface area (Å²) in [6.45, 7) is 4.47. The van der Waals surface area contributed by atoms with Crippen molar-refractivity contribution in [2.75, 3.05) is 27.3 Å². The van der Waals surface area contributed by atoms with Crippen molar-refractivity contribution in [1.29, 1.82) is 0 Å². The smallest absolute Gasteiger partial charge is 0.258 e. The molecule has 0 saturated carbocycles. The van der Waals surface area contributed by atoms with E-state index in [1.54, 1.807) is 26.4 Å². The second-order valence-electron chi connectivity index (χ2n) is 6.34. The van der Waals surface area contributed by atoms with E-state index in [2.05, 4.69) is 46.1 Å². The summed E-state index contributed by atoms with van der Waals surface area (Å²) in [6, 6.07) is 13.8. The van der Waals surface area contributed by atoms with Crippen LogP contribution in [0, 0.1) is 0 Å². The lowest BCUT2D eigenvalue weighted by Crippen LogP contribution is -2.27. The molecule has 0 aliphatic rings. The molecule has 6 heteroatoms. The van der Waals surface area contributed by atoms with E-state index in [1.807, 2.05) is 6.07 Å². The van der Waals surface area contributed by atoms with Gasteiger partial charge in [-0.1, -0.05) is 37.3 Å². The molecule has 0 radical (unpaired) electrons. The minimum atomic E-state index is -0.171. The molecule has 0 atom stereocenters. The molecule has 0 aliphatic carbocycles. The van der Waals surface area contributed by atoms with Crippen molar-refractivity contribution in [2.45, 2.75) is 19.9 Å². The molecule has 0 fully saturated rings. The monoisotopic (exact) mass is 367 g/mol. The van der Waals surface area contributed by atoms with Crippen LogP contribution in [0.1, 0.15) is 18.3 Å². The zero-order valence-corrected chi connectivity index (χ0v) is 16.0. The molecule has 0 unspecified atom stereocenters. The largest absolute Gasteiger partial charge is 0.493 e. The van der Waals surface area contributed by atoms with Crippen LogP contribution in [0.4, 0.5) is 0 Å². The summed E-state index contributed by atoms with van der Waals surface area (Å²) in [5.74, 6) is 1.73. The molecule has 27 heavy (non-hydrogen) atoms. The summed E-state index contributed by atoms with van der Waals surface area (Å²) < 4.78 is 10.6. The second kappa shape index (κ2) is 8.68. The van der Waals surface area contributed by atoms with Crippen molar-refractivity contribution in [1.82, 2.24) is 14.9 Å². The Labute approximate surface area is 158 Å². The molecule has 6 nitrogen and oxygen atoms in total. The first-order valence-corrected chi connectivity index (χ1v) is 9.05. The average Bonchev–Trinajstić information content (AvgIpc) is 2.70. The number of hydrogen-bond acceptors (Lipinski definition) is 5. The average molecular weight is 367 g/mol. The van der Waals surface area contributed by atoms with E-state index in [0.717, 1.165) is 19.5 Å². The SMILES string of the molecule is CCN(CCc1ccccc1)Cc1nc2cc(OC)c(OC)cc2c(=O)[nH]1. The lowest BCUT2D eigenvalue weighted by Gasteiger charge is -2.20. The molecule has 1 aromatic heterocycles. The van der Waals surface area contributed by atoms with Gasteiger partial charge in [-0.25, -0.2) is 4.98 Å². The maximum Gasteiger partial charge on any atom is 0.258 e. The van der Waals surface area contributed by atoms with Crippen molar-refractivity contribution in [2.24, 2.45) is 0 Å². The normalized spacial score (nSPS) is 11.1. The first-order valence-electron chi connectivity index (χ1n) is 9.05. The summed E-state index contributed by atoms with van der Waals surface area (Å²) >= 11 is 0. The van der Waals surface area contributed by atoms with Gasteiger partial charge in [0.1, 0.15) is 5.82 Å². The molecule has 0 spiro atoms. The van der Waals surface area contributed by atoms with Crippen LogP contribution in [0.5, 0.6) is 11.5 Å². The Morgan fingerprint density at radius 3 is 2.44 bits per heavy atom. The second-order valence-corrected chi connectivity index (χ2v) is 6.34. The molecule has 0 bridgehead atoms. The van der Waals surface area contributed by atoms with Crippen LogP contribution in [0.3, 0.4) is 0 Å². The molecule has 142 valence electrons. The highest BCUT2D eigenvalue weighted by atomic mass is 16.5. The highest BCUT2D eigenvalue weighted by molar-refractivity contribution is 5.81. The molecular weight excluding hydrogens is 342 g/mol. The molecule has 2 aromatic carbocycles. The fourth-order valence-corrected chi connectivity index (χ4v) is 3.08. The van der Waals surface area contributed by atoms with Crippen LogP contribution in [0.2, 0.25) is 0 Å². The lowest BCUT2D eigenvalue weighted by atomic mass is 10.1. The molecular formula is C21H25N3O3. The summed E-state index contributed by atoms with van der Waals surface area (Å²) in [4.78, 5) is 22.3. The van der Waals surface area contributed by atoms with Gasteiger partial charge in [-0.2, -0.15) is 0 Å². The topological polar surface area (TPSA) is 67.5 Å². The summed E-state index contributed by atoms with van der Waals surface area (Å²) in [7, 11) is 3.12. The van der Waals surface area contributed by atoms with Gasteiger partial charge in [-0.05, 0) is 24.6 Å². The Morgan fingerprint density at radius 2 is 1.78 bits per heavy atom. The molecule has 0 aliphatic heterocycles. The zero-order valence-electron chi connectivity index (χ0n) is 16.0. The first kappa shape index (κ1) is 18.9. The van der Waals surface area contributed by atoms with E-state index in [1.165, 1.54) is 5.56 Å². The van der Waals surface area contributed by atoms with Crippen molar-refractivity contribution < 1.29 is 9.47 Å². The minimum Gasteiger partial charge on any atom is -0.493 e. The number of methoxy groups -OCH3 is 2. The molecule has 0 saturated heterocycles. The summed E-state index contributed by atoms with van der Waals surface area (Å²) in [5, 5.41) is 0.490. The first-order chi connectivity index (χ1) is 13.1. The number of fused-ring (bicyclic) bond motifs is 1. The van der Waals surface area contributed by atoms with Crippen LogP contribution >= 0.6 is 0 Å². The van der Waals surface area contributed by atoms with Crippen LogP contribution in [0.15, 0.2) is 47.3 Å². The van der Waals surface area contributed by atoms with Gasteiger partial charge in [0.25, 0.3) is 5.56 Å². The summed E-state index contributed by atoms with van der Waals surface area (Å²) in [5.41, 5.74) is 1.73.